The lowest BCUT2D eigenvalue weighted by Gasteiger charge is -2.22. The van der Waals surface area contributed by atoms with Crippen molar-refractivity contribution in [1.29, 1.82) is 0 Å². The number of hydrogen-bond acceptors (Lipinski definition) is 5. The molecule has 1 N–H and O–H groups in total. The summed E-state index contributed by atoms with van der Waals surface area (Å²) in [6.45, 7) is 2.47. The van der Waals surface area contributed by atoms with Crippen LogP contribution in [0.5, 0.6) is 0 Å². The molecule has 3 rings (SSSR count). The Balaban J connectivity index is 1.74. The van der Waals surface area contributed by atoms with Gasteiger partial charge in [-0.3, -0.25) is 0 Å². The van der Waals surface area contributed by atoms with Crippen LogP contribution in [-0.2, 0) is 22.3 Å². The van der Waals surface area contributed by atoms with Crippen LogP contribution < -0.4 is 5.32 Å². The maximum Gasteiger partial charge on any atom is 0.113 e. The zero-order valence-corrected chi connectivity index (χ0v) is 13.0. The summed E-state index contributed by atoms with van der Waals surface area (Å²) in [7, 11) is 1.74. The van der Waals surface area contributed by atoms with Crippen molar-refractivity contribution in [3.8, 4) is 0 Å². The summed E-state index contributed by atoms with van der Waals surface area (Å²) in [4.78, 5) is 6.41. The zero-order chi connectivity index (χ0) is 13.8. The number of fused-ring (bicyclic) bond motifs is 1. The predicted octanol–water partition coefficient (Wildman–Crippen LogP) is 2.48. The van der Waals surface area contributed by atoms with E-state index in [-0.39, 0.29) is 12.1 Å². The Kier molecular flexibility index (Phi) is 5.04. The molecule has 0 amide bonds. The Labute approximate surface area is 124 Å². The molecule has 4 nitrogen and oxygen atoms in total. The quantitative estimate of drug-likeness (QED) is 0.819. The van der Waals surface area contributed by atoms with Gasteiger partial charge in [0.05, 0.1) is 24.4 Å². The molecule has 2 unspecified atom stereocenters. The van der Waals surface area contributed by atoms with Gasteiger partial charge in [0, 0.05) is 25.1 Å². The summed E-state index contributed by atoms with van der Waals surface area (Å²) in [6, 6.07) is 0.239. The molecule has 1 saturated heterocycles. The van der Waals surface area contributed by atoms with Crippen LogP contribution in [0.4, 0.5) is 0 Å². The minimum atomic E-state index is 0.239. The lowest BCUT2D eigenvalue weighted by atomic mass is 10.0. The van der Waals surface area contributed by atoms with Crippen molar-refractivity contribution in [3.63, 3.8) is 0 Å². The number of nitrogens with one attached hydrogen (secondary N) is 1. The van der Waals surface area contributed by atoms with E-state index in [4.69, 9.17) is 14.5 Å². The number of ether oxygens (including phenoxy) is 2. The number of thiazole rings is 1. The fraction of sp³-hybridized carbons (Fsp3) is 0.800. The van der Waals surface area contributed by atoms with Gasteiger partial charge in [-0.05, 0) is 38.5 Å². The topological polar surface area (TPSA) is 43.4 Å². The molecule has 0 aromatic carbocycles. The fourth-order valence-corrected chi connectivity index (χ4v) is 4.35. The molecule has 1 aliphatic carbocycles. The number of methoxy groups -OCH3 is 1. The van der Waals surface area contributed by atoms with Crippen molar-refractivity contribution in [1.82, 2.24) is 10.3 Å². The number of aromatic nitrogens is 1. The Hall–Kier alpha value is -0.490. The highest BCUT2D eigenvalue weighted by molar-refractivity contribution is 7.11. The van der Waals surface area contributed by atoms with E-state index < -0.39 is 0 Å². The maximum absolute atomic E-state index is 5.90. The van der Waals surface area contributed by atoms with Gasteiger partial charge in [-0.2, -0.15) is 0 Å². The second-order valence-corrected chi connectivity index (χ2v) is 6.72. The first-order valence-corrected chi connectivity index (χ1v) is 8.52. The third-order valence-electron chi connectivity index (χ3n) is 4.14. The summed E-state index contributed by atoms with van der Waals surface area (Å²) in [5.74, 6) is 0. The first-order chi connectivity index (χ1) is 9.88. The number of rotatable bonds is 6. The highest BCUT2D eigenvalue weighted by Gasteiger charge is 2.30. The lowest BCUT2D eigenvalue weighted by molar-refractivity contribution is 0.0747. The Morgan fingerprint density at radius 2 is 2.30 bits per heavy atom. The van der Waals surface area contributed by atoms with E-state index >= 15 is 0 Å². The standard InChI is InChI=1S/C15H24N2O2S/c1-18-10-8-16-14(12-6-4-9-19-12)15-17-11-5-2-3-7-13(11)20-15/h12,14,16H,2-10H2,1H3. The van der Waals surface area contributed by atoms with Crippen molar-refractivity contribution in [2.45, 2.75) is 50.7 Å². The summed E-state index contributed by atoms with van der Waals surface area (Å²) in [5, 5.41) is 4.81. The molecule has 112 valence electrons. The number of nitrogens with zero attached hydrogens (tertiary/aromatic N) is 1. The molecule has 2 atom stereocenters. The van der Waals surface area contributed by atoms with E-state index in [0.717, 1.165) is 39.0 Å². The molecule has 20 heavy (non-hydrogen) atoms. The van der Waals surface area contributed by atoms with E-state index in [0.29, 0.717) is 0 Å². The maximum atomic E-state index is 5.90. The van der Waals surface area contributed by atoms with Gasteiger partial charge in [-0.15, -0.1) is 11.3 Å². The van der Waals surface area contributed by atoms with Gasteiger partial charge >= 0.3 is 0 Å². The third kappa shape index (κ3) is 3.22. The van der Waals surface area contributed by atoms with Crippen LogP contribution in [0.3, 0.4) is 0 Å². The van der Waals surface area contributed by atoms with Crippen LogP contribution in [0.2, 0.25) is 0 Å². The van der Waals surface area contributed by atoms with Gasteiger partial charge in [0.15, 0.2) is 0 Å². The average molecular weight is 296 g/mol. The van der Waals surface area contributed by atoms with Crippen LogP contribution in [0, 0.1) is 0 Å². The highest BCUT2D eigenvalue weighted by Crippen LogP contribution is 2.34. The van der Waals surface area contributed by atoms with Crippen LogP contribution in [-0.4, -0.2) is 38.0 Å². The molecule has 0 spiro atoms. The Morgan fingerprint density at radius 1 is 1.40 bits per heavy atom. The van der Waals surface area contributed by atoms with E-state index in [1.807, 2.05) is 11.3 Å². The predicted molar refractivity (Wildman–Crippen MR) is 80.3 cm³/mol. The summed E-state index contributed by atoms with van der Waals surface area (Å²) >= 11 is 1.89. The molecule has 1 aromatic heterocycles. The summed E-state index contributed by atoms with van der Waals surface area (Å²) in [6.07, 6.45) is 7.55. The number of aryl methyl sites for hydroxylation is 2. The second-order valence-electron chi connectivity index (χ2n) is 5.61. The van der Waals surface area contributed by atoms with Gasteiger partial charge in [-0.25, -0.2) is 4.98 Å². The molecule has 0 saturated carbocycles. The smallest absolute Gasteiger partial charge is 0.113 e. The van der Waals surface area contributed by atoms with E-state index in [9.17, 15) is 0 Å². The second kappa shape index (κ2) is 6.98. The molecule has 1 fully saturated rings. The monoisotopic (exact) mass is 296 g/mol. The van der Waals surface area contributed by atoms with Crippen LogP contribution in [0.15, 0.2) is 0 Å². The highest BCUT2D eigenvalue weighted by atomic mass is 32.1. The van der Waals surface area contributed by atoms with Crippen molar-refractivity contribution in [3.05, 3.63) is 15.6 Å². The Morgan fingerprint density at radius 3 is 3.05 bits per heavy atom. The molecular weight excluding hydrogens is 272 g/mol. The zero-order valence-electron chi connectivity index (χ0n) is 12.2. The molecule has 5 heteroatoms. The van der Waals surface area contributed by atoms with E-state index in [1.54, 1.807) is 7.11 Å². The minimum Gasteiger partial charge on any atom is -0.383 e. The van der Waals surface area contributed by atoms with Crippen LogP contribution in [0.25, 0.3) is 0 Å². The van der Waals surface area contributed by atoms with Gasteiger partial charge in [-0.1, -0.05) is 0 Å². The molecule has 0 radical (unpaired) electrons. The minimum absolute atomic E-state index is 0.239. The molecule has 1 aliphatic heterocycles. The lowest BCUT2D eigenvalue weighted by Crippen LogP contribution is -2.33. The van der Waals surface area contributed by atoms with Crippen LogP contribution in [0.1, 0.15) is 47.3 Å². The average Bonchev–Trinajstić information content (AvgIpc) is 3.12. The van der Waals surface area contributed by atoms with Crippen LogP contribution >= 0.6 is 11.3 Å². The summed E-state index contributed by atoms with van der Waals surface area (Å²) in [5.41, 5.74) is 1.34. The number of hydrogen-bond donors (Lipinski definition) is 1. The van der Waals surface area contributed by atoms with Crippen molar-refractivity contribution in [2.24, 2.45) is 0 Å². The molecule has 2 heterocycles. The molecule has 0 bridgehead atoms. The molecule has 1 aromatic rings. The van der Waals surface area contributed by atoms with Crippen molar-refractivity contribution in [2.75, 3.05) is 26.9 Å². The molecular formula is C15H24N2O2S. The van der Waals surface area contributed by atoms with Gasteiger partial charge in [0.2, 0.25) is 0 Å². The third-order valence-corrected chi connectivity index (χ3v) is 5.38. The van der Waals surface area contributed by atoms with E-state index in [1.165, 1.54) is 34.8 Å². The molecule has 2 aliphatic rings. The van der Waals surface area contributed by atoms with Gasteiger partial charge in [0.1, 0.15) is 5.01 Å². The largest absolute Gasteiger partial charge is 0.383 e. The van der Waals surface area contributed by atoms with E-state index in [2.05, 4.69) is 5.32 Å². The first kappa shape index (κ1) is 14.4. The Bertz CT molecular complexity index is 406. The van der Waals surface area contributed by atoms with Gasteiger partial charge in [0.25, 0.3) is 0 Å². The SMILES string of the molecule is COCCNC(c1nc2c(s1)CCCC2)C1CCCO1. The first-order valence-electron chi connectivity index (χ1n) is 7.71. The summed E-state index contributed by atoms with van der Waals surface area (Å²) < 4.78 is 11.0. The van der Waals surface area contributed by atoms with Crippen molar-refractivity contribution < 1.29 is 9.47 Å². The van der Waals surface area contributed by atoms with Gasteiger partial charge < -0.3 is 14.8 Å². The van der Waals surface area contributed by atoms with Crippen molar-refractivity contribution >= 4 is 11.3 Å². The normalized spacial score (nSPS) is 23.8. The fourth-order valence-electron chi connectivity index (χ4n) is 3.06.